The van der Waals surface area contributed by atoms with Gasteiger partial charge in [-0.1, -0.05) is 90.9 Å². The molecule has 0 aromatic rings. The average Bonchev–Trinajstić information content (AvgIpc) is 2.79. The minimum Gasteiger partial charge on any atom is -0.450 e. The van der Waals surface area contributed by atoms with Crippen molar-refractivity contribution in [2.24, 2.45) is 0 Å². The van der Waals surface area contributed by atoms with Crippen molar-refractivity contribution in [3.05, 3.63) is 0 Å². The largest absolute Gasteiger partial charge is 0.450 e. The fourth-order valence-corrected chi connectivity index (χ4v) is 5.69. The number of alkyl carbamates (subject to hydrolysis) is 2. The SMILES string of the molecule is CCCCCCOC(=O)NC1(CC2(NC(=O)OCCCCCC)CCCCC2)CCCCC1. The fraction of sp³-hybridized carbons (Fsp3) is 0.926. The number of amides is 2. The first-order chi connectivity index (χ1) is 16.0. The molecule has 2 rings (SSSR count). The van der Waals surface area contributed by atoms with Crippen LogP contribution in [0.1, 0.15) is 136 Å². The van der Waals surface area contributed by atoms with Crippen LogP contribution in [0.5, 0.6) is 0 Å². The molecule has 2 N–H and O–H groups in total. The highest BCUT2D eigenvalue weighted by Crippen LogP contribution is 2.41. The van der Waals surface area contributed by atoms with Crippen molar-refractivity contribution in [3.8, 4) is 0 Å². The molecule has 2 amide bonds. The first-order valence-corrected chi connectivity index (χ1v) is 13.9. The van der Waals surface area contributed by atoms with Crippen LogP contribution in [0.3, 0.4) is 0 Å². The molecule has 6 nitrogen and oxygen atoms in total. The smallest absolute Gasteiger partial charge is 0.407 e. The first-order valence-electron chi connectivity index (χ1n) is 13.9. The highest BCUT2D eigenvalue weighted by atomic mass is 16.6. The maximum atomic E-state index is 12.7. The Bertz CT molecular complexity index is 506. The van der Waals surface area contributed by atoms with Gasteiger partial charge >= 0.3 is 12.2 Å². The van der Waals surface area contributed by atoms with E-state index in [1.807, 2.05) is 0 Å². The van der Waals surface area contributed by atoms with E-state index in [-0.39, 0.29) is 23.3 Å². The van der Waals surface area contributed by atoms with Crippen LogP contribution in [-0.2, 0) is 9.47 Å². The molecule has 2 saturated carbocycles. The van der Waals surface area contributed by atoms with Crippen LogP contribution >= 0.6 is 0 Å². The highest BCUT2D eigenvalue weighted by molar-refractivity contribution is 5.69. The second-order valence-corrected chi connectivity index (χ2v) is 10.5. The minimum absolute atomic E-state index is 0.294. The second kappa shape index (κ2) is 15.4. The number of rotatable bonds is 14. The summed E-state index contributed by atoms with van der Waals surface area (Å²) in [5, 5.41) is 6.56. The van der Waals surface area contributed by atoms with Gasteiger partial charge in [-0.3, -0.25) is 0 Å². The van der Waals surface area contributed by atoms with Gasteiger partial charge < -0.3 is 20.1 Å². The second-order valence-electron chi connectivity index (χ2n) is 10.5. The maximum Gasteiger partial charge on any atom is 0.407 e. The van der Waals surface area contributed by atoms with Crippen molar-refractivity contribution in [1.29, 1.82) is 0 Å². The summed E-state index contributed by atoms with van der Waals surface area (Å²) in [6, 6.07) is 0. The Hall–Kier alpha value is -1.46. The summed E-state index contributed by atoms with van der Waals surface area (Å²) < 4.78 is 11.1. The van der Waals surface area contributed by atoms with Gasteiger partial charge in [0, 0.05) is 11.1 Å². The lowest BCUT2D eigenvalue weighted by Crippen LogP contribution is -2.60. The number of hydrogen-bond donors (Lipinski definition) is 2. The van der Waals surface area contributed by atoms with Gasteiger partial charge in [-0.2, -0.15) is 0 Å². The molecule has 0 bridgehead atoms. The fourth-order valence-electron chi connectivity index (χ4n) is 5.69. The third-order valence-corrected chi connectivity index (χ3v) is 7.49. The van der Waals surface area contributed by atoms with E-state index in [2.05, 4.69) is 24.5 Å². The first kappa shape index (κ1) is 27.8. The standard InChI is InChI=1S/C27H50N2O4/c1-3-5-7-15-21-32-24(30)28-26(17-11-9-12-18-26)23-27(19-13-10-14-20-27)29-25(31)33-22-16-8-6-4-2/h3-23H2,1-2H3,(H,28,30)(H,29,31). The van der Waals surface area contributed by atoms with Crippen molar-refractivity contribution in [2.75, 3.05) is 13.2 Å². The number of nitrogens with one attached hydrogen (secondary N) is 2. The van der Waals surface area contributed by atoms with Gasteiger partial charge in [0.1, 0.15) is 0 Å². The molecule has 33 heavy (non-hydrogen) atoms. The van der Waals surface area contributed by atoms with Crippen molar-refractivity contribution >= 4 is 12.2 Å². The molecule has 2 fully saturated rings. The zero-order valence-electron chi connectivity index (χ0n) is 21.5. The van der Waals surface area contributed by atoms with Crippen LogP contribution in [0.2, 0.25) is 0 Å². The molecule has 0 aliphatic heterocycles. The molecule has 192 valence electrons. The summed E-state index contributed by atoms with van der Waals surface area (Å²) in [6.07, 6.45) is 19.6. The predicted octanol–water partition coefficient (Wildman–Crippen LogP) is 7.40. The molecular formula is C27H50N2O4. The van der Waals surface area contributed by atoms with E-state index in [1.54, 1.807) is 0 Å². The predicted molar refractivity (Wildman–Crippen MR) is 134 cm³/mol. The lowest BCUT2D eigenvalue weighted by Gasteiger charge is -2.47. The number of ether oxygens (including phenoxy) is 2. The van der Waals surface area contributed by atoms with Gasteiger partial charge in [0.05, 0.1) is 13.2 Å². The topological polar surface area (TPSA) is 76.7 Å². The summed E-state index contributed by atoms with van der Waals surface area (Å²) in [7, 11) is 0. The van der Waals surface area contributed by atoms with Crippen LogP contribution in [0.15, 0.2) is 0 Å². The van der Waals surface area contributed by atoms with Crippen molar-refractivity contribution in [1.82, 2.24) is 10.6 Å². The Morgan fingerprint density at radius 2 is 1.00 bits per heavy atom. The molecular weight excluding hydrogens is 416 g/mol. The Morgan fingerprint density at radius 3 is 1.36 bits per heavy atom. The zero-order valence-corrected chi connectivity index (χ0v) is 21.5. The van der Waals surface area contributed by atoms with Gasteiger partial charge in [-0.05, 0) is 44.9 Å². The van der Waals surface area contributed by atoms with Crippen molar-refractivity contribution in [2.45, 2.75) is 147 Å². The average molecular weight is 467 g/mol. The van der Waals surface area contributed by atoms with E-state index in [0.29, 0.717) is 13.2 Å². The van der Waals surface area contributed by atoms with Crippen LogP contribution in [0.25, 0.3) is 0 Å². The number of unbranched alkanes of at least 4 members (excludes halogenated alkanes) is 6. The molecule has 0 spiro atoms. The summed E-state index contributed by atoms with van der Waals surface area (Å²) in [6.45, 7) is 5.32. The number of carbonyl (C=O) groups is 2. The van der Waals surface area contributed by atoms with Gasteiger partial charge in [-0.25, -0.2) is 9.59 Å². The maximum absolute atomic E-state index is 12.7. The minimum atomic E-state index is -0.301. The number of hydrogen-bond acceptors (Lipinski definition) is 4. The molecule has 0 heterocycles. The summed E-state index contributed by atoms with van der Waals surface area (Å²) in [4.78, 5) is 25.4. The Labute approximate surface area is 202 Å². The molecule has 2 aliphatic rings. The van der Waals surface area contributed by atoms with Crippen LogP contribution in [0.4, 0.5) is 9.59 Å². The molecule has 2 aliphatic carbocycles. The lowest BCUT2D eigenvalue weighted by molar-refractivity contribution is 0.0827. The summed E-state index contributed by atoms with van der Waals surface area (Å²) in [5.74, 6) is 0. The van der Waals surface area contributed by atoms with E-state index in [0.717, 1.165) is 83.5 Å². The number of carbonyl (C=O) groups excluding carboxylic acids is 2. The zero-order chi connectivity index (χ0) is 23.8. The van der Waals surface area contributed by atoms with Gasteiger partial charge in [-0.15, -0.1) is 0 Å². The van der Waals surface area contributed by atoms with Crippen LogP contribution in [0, 0.1) is 0 Å². The van der Waals surface area contributed by atoms with E-state index < -0.39 is 0 Å². The summed E-state index contributed by atoms with van der Waals surface area (Å²) >= 11 is 0. The van der Waals surface area contributed by atoms with Gasteiger partial charge in [0.15, 0.2) is 0 Å². The Kier molecular flexibility index (Phi) is 13.0. The third-order valence-electron chi connectivity index (χ3n) is 7.49. The van der Waals surface area contributed by atoms with Crippen LogP contribution < -0.4 is 10.6 Å². The summed E-state index contributed by atoms with van der Waals surface area (Å²) in [5.41, 5.74) is -0.602. The Balaban J connectivity index is 1.96. The molecule has 0 unspecified atom stereocenters. The monoisotopic (exact) mass is 466 g/mol. The molecule has 0 aromatic heterocycles. The lowest BCUT2D eigenvalue weighted by atomic mass is 9.68. The normalized spacial score (nSPS) is 19.5. The van der Waals surface area contributed by atoms with Crippen molar-refractivity contribution < 1.29 is 19.1 Å². The van der Waals surface area contributed by atoms with Gasteiger partial charge in [0.2, 0.25) is 0 Å². The molecule has 0 radical (unpaired) electrons. The molecule has 0 aromatic carbocycles. The van der Waals surface area contributed by atoms with E-state index in [9.17, 15) is 9.59 Å². The van der Waals surface area contributed by atoms with E-state index in [4.69, 9.17) is 9.47 Å². The molecule has 6 heteroatoms. The molecule has 0 saturated heterocycles. The quantitative estimate of drug-likeness (QED) is 0.262. The van der Waals surface area contributed by atoms with Crippen molar-refractivity contribution in [3.63, 3.8) is 0 Å². The Morgan fingerprint density at radius 1 is 0.606 bits per heavy atom. The third kappa shape index (κ3) is 10.6. The van der Waals surface area contributed by atoms with Crippen LogP contribution in [-0.4, -0.2) is 36.5 Å². The van der Waals surface area contributed by atoms with Gasteiger partial charge in [0.25, 0.3) is 0 Å². The van der Waals surface area contributed by atoms with E-state index >= 15 is 0 Å². The molecule has 0 atom stereocenters. The van der Waals surface area contributed by atoms with E-state index in [1.165, 1.54) is 38.5 Å². The highest BCUT2D eigenvalue weighted by Gasteiger charge is 2.44.